The Morgan fingerprint density at radius 2 is 2.40 bits per heavy atom. The Labute approximate surface area is 64.2 Å². The second kappa shape index (κ2) is 5.07. The molecule has 0 aromatic heterocycles. The second-order valence-corrected chi connectivity index (χ2v) is 2.38. The van der Waals surface area contributed by atoms with E-state index in [1.807, 2.05) is 6.07 Å². The van der Waals surface area contributed by atoms with Gasteiger partial charge in [0.05, 0.1) is 6.07 Å². The van der Waals surface area contributed by atoms with Crippen LogP contribution in [0.1, 0.15) is 19.3 Å². The molecule has 0 aliphatic heterocycles. The lowest BCUT2D eigenvalue weighted by Crippen LogP contribution is -2.12. The van der Waals surface area contributed by atoms with Gasteiger partial charge in [-0.3, -0.25) is 4.79 Å². The van der Waals surface area contributed by atoms with Gasteiger partial charge in [-0.25, -0.2) is 0 Å². The van der Waals surface area contributed by atoms with Gasteiger partial charge in [0.2, 0.25) is 0 Å². The zero-order chi connectivity index (χ0) is 7.98. The van der Waals surface area contributed by atoms with E-state index >= 15 is 0 Å². The molecule has 0 aromatic rings. The molecule has 0 spiro atoms. The van der Waals surface area contributed by atoms with E-state index in [0.29, 0.717) is 19.3 Å². The topological polar surface area (TPSA) is 61.1 Å². The number of halogens is 1. The molecule has 0 saturated heterocycles. The number of nitrogens with zero attached hydrogens (tertiary/aromatic N) is 1. The van der Waals surface area contributed by atoms with Crippen molar-refractivity contribution in [3.8, 4) is 6.07 Å². The maximum atomic E-state index is 10.1. The first kappa shape index (κ1) is 9.25. The standard InChI is InChI=1S/C6H8ClNO2/c7-5(6(9)10)3-1-2-4-8/h5H,1-3H2,(H,9,10). The van der Waals surface area contributed by atoms with Crippen molar-refractivity contribution in [2.75, 3.05) is 0 Å². The van der Waals surface area contributed by atoms with Gasteiger partial charge in [0.15, 0.2) is 0 Å². The lowest BCUT2D eigenvalue weighted by atomic mass is 10.2. The first-order chi connectivity index (χ1) is 4.68. The third kappa shape index (κ3) is 4.16. The average molecular weight is 162 g/mol. The van der Waals surface area contributed by atoms with E-state index < -0.39 is 11.3 Å². The fourth-order valence-electron chi connectivity index (χ4n) is 0.484. The number of nitriles is 1. The molecule has 3 nitrogen and oxygen atoms in total. The van der Waals surface area contributed by atoms with Crippen molar-refractivity contribution < 1.29 is 9.90 Å². The van der Waals surface area contributed by atoms with Gasteiger partial charge in [-0.1, -0.05) is 0 Å². The number of alkyl halides is 1. The number of hydrogen-bond donors (Lipinski definition) is 1. The number of hydrogen-bond acceptors (Lipinski definition) is 2. The quantitative estimate of drug-likeness (QED) is 0.501. The Bertz CT molecular complexity index is 152. The summed E-state index contributed by atoms with van der Waals surface area (Å²) in [7, 11) is 0. The summed E-state index contributed by atoms with van der Waals surface area (Å²) in [4.78, 5) is 10.1. The molecular weight excluding hydrogens is 154 g/mol. The monoisotopic (exact) mass is 161 g/mol. The maximum absolute atomic E-state index is 10.1. The van der Waals surface area contributed by atoms with Crippen LogP contribution in [0.4, 0.5) is 0 Å². The minimum atomic E-state index is -1.01. The number of aliphatic carboxylic acids is 1. The predicted octanol–water partition coefficient (Wildman–Crippen LogP) is 1.37. The van der Waals surface area contributed by atoms with E-state index in [9.17, 15) is 4.79 Å². The van der Waals surface area contributed by atoms with Crippen molar-refractivity contribution >= 4 is 17.6 Å². The molecule has 0 aliphatic carbocycles. The van der Waals surface area contributed by atoms with E-state index in [-0.39, 0.29) is 0 Å². The van der Waals surface area contributed by atoms with Crippen molar-refractivity contribution in [3.63, 3.8) is 0 Å². The highest BCUT2D eigenvalue weighted by molar-refractivity contribution is 6.29. The highest BCUT2D eigenvalue weighted by Crippen LogP contribution is 2.06. The summed E-state index contributed by atoms with van der Waals surface area (Å²) in [6.07, 6.45) is 1.29. The van der Waals surface area contributed by atoms with Crippen molar-refractivity contribution in [2.45, 2.75) is 24.6 Å². The molecule has 0 rings (SSSR count). The van der Waals surface area contributed by atoms with Gasteiger partial charge in [-0.2, -0.15) is 5.26 Å². The Hall–Kier alpha value is -0.750. The average Bonchev–Trinajstić information content (AvgIpc) is 1.88. The molecule has 0 radical (unpaired) electrons. The molecule has 10 heavy (non-hydrogen) atoms. The summed E-state index contributed by atoms with van der Waals surface area (Å²) in [6.45, 7) is 0. The van der Waals surface area contributed by atoms with Gasteiger partial charge in [-0.05, 0) is 12.8 Å². The molecule has 1 unspecified atom stereocenters. The summed E-state index contributed by atoms with van der Waals surface area (Å²) in [5.74, 6) is -1.01. The minimum absolute atomic E-state index is 0.366. The predicted molar refractivity (Wildman–Crippen MR) is 36.7 cm³/mol. The fraction of sp³-hybridized carbons (Fsp3) is 0.667. The van der Waals surface area contributed by atoms with Crippen LogP contribution in [-0.2, 0) is 4.79 Å². The van der Waals surface area contributed by atoms with Gasteiger partial charge >= 0.3 is 5.97 Å². The van der Waals surface area contributed by atoms with Crippen LogP contribution in [0.2, 0.25) is 0 Å². The third-order valence-electron chi connectivity index (χ3n) is 1.01. The van der Waals surface area contributed by atoms with E-state index in [1.165, 1.54) is 0 Å². The highest BCUT2D eigenvalue weighted by atomic mass is 35.5. The molecule has 0 amide bonds. The fourth-order valence-corrected chi connectivity index (χ4v) is 0.638. The van der Waals surface area contributed by atoms with Crippen LogP contribution in [0.15, 0.2) is 0 Å². The molecule has 4 heteroatoms. The van der Waals surface area contributed by atoms with Gasteiger partial charge in [-0.15, -0.1) is 11.6 Å². The molecule has 0 aliphatic rings. The largest absolute Gasteiger partial charge is 0.480 e. The number of carboxylic acid groups (broad SMARTS) is 1. The van der Waals surface area contributed by atoms with Gasteiger partial charge in [0.1, 0.15) is 5.38 Å². The van der Waals surface area contributed by atoms with Crippen LogP contribution in [0.25, 0.3) is 0 Å². The number of carboxylic acids is 1. The van der Waals surface area contributed by atoms with Crippen LogP contribution in [0.5, 0.6) is 0 Å². The van der Waals surface area contributed by atoms with Crippen LogP contribution in [0, 0.1) is 11.3 Å². The molecule has 0 heterocycles. The summed E-state index contributed by atoms with van der Waals surface area (Å²) in [5, 5.41) is 15.5. The van der Waals surface area contributed by atoms with Crippen molar-refractivity contribution in [1.82, 2.24) is 0 Å². The maximum Gasteiger partial charge on any atom is 0.321 e. The molecule has 0 saturated carbocycles. The zero-order valence-corrected chi connectivity index (χ0v) is 6.14. The lowest BCUT2D eigenvalue weighted by Gasteiger charge is -1.99. The van der Waals surface area contributed by atoms with Gasteiger partial charge in [0.25, 0.3) is 0 Å². The summed E-state index contributed by atoms with van der Waals surface area (Å²) in [5.41, 5.74) is 0. The smallest absolute Gasteiger partial charge is 0.321 e. The normalized spacial score (nSPS) is 12.0. The third-order valence-corrected chi connectivity index (χ3v) is 1.42. The summed E-state index contributed by atoms with van der Waals surface area (Å²) < 4.78 is 0. The van der Waals surface area contributed by atoms with Gasteiger partial charge in [0, 0.05) is 6.42 Å². The Balaban J connectivity index is 3.32. The molecule has 1 atom stereocenters. The van der Waals surface area contributed by atoms with Crippen LogP contribution < -0.4 is 0 Å². The second-order valence-electron chi connectivity index (χ2n) is 1.86. The van der Waals surface area contributed by atoms with Gasteiger partial charge < -0.3 is 5.11 Å². The Morgan fingerprint density at radius 3 is 2.80 bits per heavy atom. The molecule has 0 aromatic carbocycles. The van der Waals surface area contributed by atoms with Crippen molar-refractivity contribution in [3.05, 3.63) is 0 Å². The first-order valence-electron chi connectivity index (χ1n) is 2.92. The van der Waals surface area contributed by atoms with Crippen LogP contribution >= 0.6 is 11.6 Å². The van der Waals surface area contributed by atoms with Crippen LogP contribution in [0.3, 0.4) is 0 Å². The summed E-state index contributed by atoms with van der Waals surface area (Å²) >= 11 is 5.34. The number of unbranched alkanes of at least 4 members (excludes halogenated alkanes) is 1. The van der Waals surface area contributed by atoms with Crippen LogP contribution in [-0.4, -0.2) is 16.5 Å². The van der Waals surface area contributed by atoms with E-state index in [0.717, 1.165) is 0 Å². The number of carbonyl (C=O) groups is 1. The van der Waals surface area contributed by atoms with E-state index in [2.05, 4.69) is 0 Å². The van der Waals surface area contributed by atoms with E-state index in [1.54, 1.807) is 0 Å². The molecule has 56 valence electrons. The first-order valence-corrected chi connectivity index (χ1v) is 3.36. The molecule has 0 fully saturated rings. The van der Waals surface area contributed by atoms with Crippen molar-refractivity contribution in [1.29, 1.82) is 5.26 Å². The SMILES string of the molecule is N#CCCCC(Cl)C(=O)O. The zero-order valence-electron chi connectivity index (χ0n) is 5.38. The minimum Gasteiger partial charge on any atom is -0.480 e. The molecular formula is C6H8ClNO2. The van der Waals surface area contributed by atoms with Crippen molar-refractivity contribution in [2.24, 2.45) is 0 Å². The molecule has 0 bridgehead atoms. The lowest BCUT2D eigenvalue weighted by molar-refractivity contribution is -0.136. The highest BCUT2D eigenvalue weighted by Gasteiger charge is 2.11. The number of rotatable bonds is 4. The van der Waals surface area contributed by atoms with E-state index in [4.69, 9.17) is 22.0 Å². The molecule has 1 N–H and O–H groups in total. The summed E-state index contributed by atoms with van der Waals surface area (Å²) in [6, 6.07) is 1.91. The Kier molecular flexibility index (Phi) is 4.69. The Morgan fingerprint density at radius 1 is 1.80 bits per heavy atom.